The van der Waals surface area contributed by atoms with Crippen LogP contribution in [0, 0.1) is 0 Å². The molecule has 0 atom stereocenters. The lowest BCUT2D eigenvalue weighted by Crippen LogP contribution is -2.17. The molecule has 0 saturated carbocycles. The molecule has 0 spiro atoms. The molecule has 1 N–H and O–H groups in total. The Morgan fingerprint density at radius 2 is 1.87 bits per heavy atom. The quantitative estimate of drug-likeness (QED) is 0.788. The maximum absolute atomic E-state index is 12.1. The first kappa shape index (κ1) is 15.0. The van der Waals surface area contributed by atoms with Crippen LogP contribution < -0.4 is 10.3 Å². The first-order valence-corrected chi connectivity index (χ1v) is 6.47. The van der Waals surface area contributed by atoms with E-state index >= 15 is 0 Å². The summed E-state index contributed by atoms with van der Waals surface area (Å²) >= 11 is 0. The van der Waals surface area contributed by atoms with Gasteiger partial charge in [0.1, 0.15) is 11.4 Å². The van der Waals surface area contributed by atoms with Crippen molar-refractivity contribution in [1.29, 1.82) is 0 Å². The summed E-state index contributed by atoms with van der Waals surface area (Å²) in [6, 6.07) is 5.41. The first-order chi connectivity index (χ1) is 10.9. The van der Waals surface area contributed by atoms with E-state index in [2.05, 4.69) is 29.6 Å². The fourth-order valence-electron chi connectivity index (χ4n) is 1.98. The summed E-state index contributed by atoms with van der Waals surface area (Å²) in [7, 11) is 0. The third-order valence-corrected chi connectivity index (χ3v) is 3.01. The zero-order valence-corrected chi connectivity index (χ0v) is 11.4. The number of aromatic nitrogens is 4. The van der Waals surface area contributed by atoms with Crippen molar-refractivity contribution in [1.82, 2.24) is 20.3 Å². The minimum Gasteiger partial charge on any atom is -0.406 e. The van der Waals surface area contributed by atoms with E-state index in [4.69, 9.17) is 0 Å². The minimum atomic E-state index is -4.72. The number of rotatable bonds is 4. The number of nitrogens with one attached hydrogen (secondary N) is 1. The molecule has 10 heteroatoms. The molecule has 0 bridgehead atoms. The summed E-state index contributed by atoms with van der Waals surface area (Å²) in [5.41, 5.74) is 0.911. The summed E-state index contributed by atoms with van der Waals surface area (Å²) in [5.74, 6) is -0.299. The summed E-state index contributed by atoms with van der Waals surface area (Å²) in [6.45, 7) is 0. The van der Waals surface area contributed by atoms with E-state index in [1.54, 1.807) is 0 Å². The predicted molar refractivity (Wildman–Crippen MR) is 70.8 cm³/mol. The number of H-pyrrole nitrogens is 1. The highest BCUT2D eigenvalue weighted by Gasteiger charge is 2.30. The van der Waals surface area contributed by atoms with Gasteiger partial charge in [-0.25, -0.2) is 9.61 Å². The molecular formula is C13H9F3N4O3. The number of hydrogen-bond acceptors (Lipinski definition) is 6. The predicted octanol–water partition coefficient (Wildman–Crippen LogP) is 1.99. The van der Waals surface area contributed by atoms with Crippen LogP contribution in [0.4, 0.5) is 13.2 Å². The van der Waals surface area contributed by atoms with Gasteiger partial charge in [0.2, 0.25) is 11.3 Å². The van der Waals surface area contributed by atoms with E-state index in [1.165, 1.54) is 24.3 Å². The molecule has 0 fully saturated rings. The van der Waals surface area contributed by atoms with Crippen molar-refractivity contribution >= 4 is 11.3 Å². The molecule has 0 unspecified atom stereocenters. The lowest BCUT2D eigenvalue weighted by Gasteiger charge is -2.09. The van der Waals surface area contributed by atoms with Crippen molar-refractivity contribution in [3.8, 4) is 5.75 Å². The van der Waals surface area contributed by atoms with Crippen LogP contribution >= 0.6 is 0 Å². The highest BCUT2D eigenvalue weighted by atomic mass is 19.4. The third-order valence-electron chi connectivity index (χ3n) is 3.01. The Morgan fingerprint density at radius 3 is 2.57 bits per heavy atom. The third kappa shape index (κ3) is 3.65. The van der Waals surface area contributed by atoms with Gasteiger partial charge in [-0.05, 0) is 40.9 Å². The Bertz CT molecular complexity index is 871. The summed E-state index contributed by atoms with van der Waals surface area (Å²) in [5, 5.41) is 7.00. The zero-order chi connectivity index (χ0) is 16.4. The number of aromatic amines is 1. The topological polar surface area (TPSA) is 93.9 Å². The Hall–Kier alpha value is -2.91. The van der Waals surface area contributed by atoms with Crippen LogP contribution in [-0.2, 0) is 12.8 Å². The molecule has 0 amide bonds. The zero-order valence-electron chi connectivity index (χ0n) is 11.4. The number of benzene rings is 1. The van der Waals surface area contributed by atoms with Crippen LogP contribution in [0.5, 0.6) is 5.75 Å². The van der Waals surface area contributed by atoms with Gasteiger partial charge in [0.25, 0.3) is 5.56 Å². The van der Waals surface area contributed by atoms with Gasteiger partial charge in [-0.3, -0.25) is 9.78 Å². The van der Waals surface area contributed by atoms with Gasteiger partial charge < -0.3 is 4.74 Å². The molecule has 1 aromatic carbocycles. The van der Waals surface area contributed by atoms with E-state index in [-0.39, 0.29) is 29.2 Å². The second-order valence-electron chi connectivity index (χ2n) is 4.64. The monoisotopic (exact) mass is 326 g/mol. The number of aryl methyl sites for hydroxylation is 2. The van der Waals surface area contributed by atoms with Crippen LogP contribution in [0.3, 0.4) is 0 Å². The van der Waals surface area contributed by atoms with Gasteiger partial charge >= 0.3 is 6.36 Å². The van der Waals surface area contributed by atoms with Crippen molar-refractivity contribution in [2.45, 2.75) is 19.2 Å². The van der Waals surface area contributed by atoms with E-state index < -0.39 is 11.9 Å². The standard InChI is InChI=1S/C13H9F3N4O3/c14-13(15,16)22-8-4-1-7(2-5-8)3-6-9-12(21)18-11-10(17-9)19-23-20-11/h1-2,4-5H,3,6H2,(H,18,20,21). The highest BCUT2D eigenvalue weighted by Crippen LogP contribution is 2.22. The Morgan fingerprint density at radius 1 is 1.13 bits per heavy atom. The van der Waals surface area contributed by atoms with E-state index in [9.17, 15) is 18.0 Å². The van der Waals surface area contributed by atoms with Gasteiger partial charge in [0.05, 0.1) is 0 Å². The Kier molecular flexibility index (Phi) is 3.72. The van der Waals surface area contributed by atoms with E-state index in [0.717, 1.165) is 5.56 Å². The number of halogens is 3. The lowest BCUT2D eigenvalue weighted by atomic mass is 10.1. The number of nitrogens with zero attached hydrogens (tertiary/aromatic N) is 3. The van der Waals surface area contributed by atoms with Crippen LogP contribution in [0.1, 0.15) is 11.3 Å². The van der Waals surface area contributed by atoms with Crippen molar-refractivity contribution in [2.75, 3.05) is 0 Å². The number of ether oxygens (including phenoxy) is 1. The average Bonchev–Trinajstić information content (AvgIpc) is 2.91. The molecule has 0 aliphatic rings. The Labute approximate surface area is 126 Å². The molecule has 2 heterocycles. The Balaban J connectivity index is 1.69. The van der Waals surface area contributed by atoms with Crippen LogP contribution in [0.15, 0.2) is 33.7 Å². The van der Waals surface area contributed by atoms with Crippen molar-refractivity contribution in [2.24, 2.45) is 0 Å². The second kappa shape index (κ2) is 5.71. The normalized spacial score (nSPS) is 11.8. The fourth-order valence-corrected chi connectivity index (χ4v) is 1.98. The van der Waals surface area contributed by atoms with Gasteiger partial charge in [-0.1, -0.05) is 12.1 Å². The molecule has 3 rings (SSSR count). The smallest absolute Gasteiger partial charge is 0.406 e. The molecule has 0 aliphatic heterocycles. The van der Waals surface area contributed by atoms with E-state index in [0.29, 0.717) is 6.42 Å². The lowest BCUT2D eigenvalue weighted by molar-refractivity contribution is -0.274. The fraction of sp³-hybridized carbons (Fsp3) is 0.231. The molecule has 3 aromatic rings. The SMILES string of the molecule is O=c1[nH]c2nonc2nc1CCc1ccc(OC(F)(F)F)cc1. The molecular weight excluding hydrogens is 317 g/mol. The maximum Gasteiger partial charge on any atom is 0.573 e. The van der Waals surface area contributed by atoms with Gasteiger partial charge in [-0.15, -0.1) is 13.2 Å². The molecule has 0 saturated heterocycles. The number of fused-ring (bicyclic) bond motifs is 1. The first-order valence-electron chi connectivity index (χ1n) is 6.47. The summed E-state index contributed by atoms with van der Waals surface area (Å²) in [6.07, 6.45) is -4.02. The number of alkyl halides is 3. The molecule has 2 aromatic heterocycles. The maximum atomic E-state index is 12.1. The molecule has 7 nitrogen and oxygen atoms in total. The second-order valence-corrected chi connectivity index (χ2v) is 4.64. The average molecular weight is 326 g/mol. The van der Waals surface area contributed by atoms with Gasteiger partial charge in [0.15, 0.2) is 0 Å². The van der Waals surface area contributed by atoms with Gasteiger partial charge in [-0.2, -0.15) is 0 Å². The van der Waals surface area contributed by atoms with Crippen molar-refractivity contribution < 1.29 is 22.5 Å². The molecule has 0 radical (unpaired) electrons. The molecule has 23 heavy (non-hydrogen) atoms. The van der Waals surface area contributed by atoms with Crippen LogP contribution in [0.25, 0.3) is 11.3 Å². The van der Waals surface area contributed by atoms with Crippen molar-refractivity contribution in [3.05, 3.63) is 45.9 Å². The number of hydrogen-bond donors (Lipinski definition) is 1. The van der Waals surface area contributed by atoms with Gasteiger partial charge in [0, 0.05) is 0 Å². The largest absolute Gasteiger partial charge is 0.573 e. The summed E-state index contributed by atoms with van der Waals surface area (Å²) in [4.78, 5) is 18.3. The molecule has 0 aliphatic carbocycles. The van der Waals surface area contributed by atoms with E-state index in [1.807, 2.05) is 0 Å². The van der Waals surface area contributed by atoms with Crippen molar-refractivity contribution in [3.63, 3.8) is 0 Å². The highest BCUT2D eigenvalue weighted by molar-refractivity contribution is 5.62. The van der Waals surface area contributed by atoms with Crippen LogP contribution in [0.2, 0.25) is 0 Å². The summed E-state index contributed by atoms with van der Waals surface area (Å²) < 4.78 is 44.4. The molecule has 120 valence electrons. The van der Waals surface area contributed by atoms with Crippen LogP contribution in [-0.4, -0.2) is 26.6 Å². The minimum absolute atomic E-state index is 0.160.